The standard InChI is InChI=1S/C31H27F3N4O4/c1-3-21-23(34)6-5-17-9-20(39)10-22(24(17)21)27-16(2)26-25(29(40)42-27)28(37-12-19(33)13-37)36-30(35-26)41-15-31-7-4-8-38(31)14-18(32)11-31/h1,5-6,9-10,18-19,39H,4,7-8,11-15H2,2H3/t18-,31+/m1/s1. The summed E-state index contributed by atoms with van der Waals surface area (Å²) < 4.78 is 54.9. The van der Waals surface area contributed by atoms with Crippen LogP contribution in [0.3, 0.4) is 0 Å². The molecule has 0 saturated carbocycles. The van der Waals surface area contributed by atoms with Gasteiger partial charge in [-0.15, -0.1) is 6.42 Å². The fourth-order valence-electron chi connectivity index (χ4n) is 6.76. The van der Waals surface area contributed by atoms with Crippen LogP contribution in [0.1, 0.15) is 30.4 Å². The maximum Gasteiger partial charge on any atom is 0.349 e. The Morgan fingerprint density at radius 1 is 1.19 bits per heavy atom. The first-order valence-electron chi connectivity index (χ1n) is 13.9. The van der Waals surface area contributed by atoms with Gasteiger partial charge >= 0.3 is 11.6 Å². The lowest BCUT2D eigenvalue weighted by Gasteiger charge is -2.36. The number of benzene rings is 2. The highest BCUT2D eigenvalue weighted by molar-refractivity contribution is 6.03. The molecule has 2 atom stereocenters. The maximum absolute atomic E-state index is 14.8. The second kappa shape index (κ2) is 9.63. The highest BCUT2D eigenvalue weighted by atomic mass is 19.1. The van der Waals surface area contributed by atoms with Crippen LogP contribution in [0.5, 0.6) is 11.8 Å². The molecular formula is C31H27F3N4O4. The van der Waals surface area contributed by atoms with E-state index in [1.54, 1.807) is 11.8 Å². The van der Waals surface area contributed by atoms with Gasteiger partial charge in [0.2, 0.25) is 0 Å². The second-order valence-corrected chi connectivity index (χ2v) is 11.4. The molecule has 0 unspecified atom stereocenters. The number of aromatic hydroxyl groups is 1. The Labute approximate surface area is 238 Å². The number of alkyl halides is 2. The molecule has 0 radical (unpaired) electrons. The van der Waals surface area contributed by atoms with Gasteiger partial charge in [-0.25, -0.2) is 18.0 Å². The third-order valence-electron chi connectivity index (χ3n) is 8.77. The summed E-state index contributed by atoms with van der Waals surface area (Å²) in [7, 11) is 0. The van der Waals surface area contributed by atoms with Gasteiger partial charge in [0.25, 0.3) is 0 Å². The van der Waals surface area contributed by atoms with Crippen LogP contribution in [0.25, 0.3) is 33.0 Å². The smallest absolute Gasteiger partial charge is 0.349 e. The number of anilines is 1. The number of hydrogen-bond donors (Lipinski definition) is 1. The number of terminal acetylenes is 1. The van der Waals surface area contributed by atoms with Crippen molar-refractivity contribution in [2.45, 2.75) is 44.1 Å². The highest BCUT2D eigenvalue weighted by Crippen LogP contribution is 2.42. The molecule has 0 amide bonds. The minimum Gasteiger partial charge on any atom is -0.508 e. The lowest BCUT2D eigenvalue weighted by Crippen LogP contribution is -2.49. The van der Waals surface area contributed by atoms with E-state index in [1.807, 2.05) is 0 Å². The van der Waals surface area contributed by atoms with E-state index >= 15 is 0 Å². The summed E-state index contributed by atoms with van der Waals surface area (Å²) in [5.41, 5.74) is -0.486. The van der Waals surface area contributed by atoms with E-state index in [4.69, 9.17) is 15.6 Å². The largest absolute Gasteiger partial charge is 0.508 e. The van der Waals surface area contributed by atoms with Crippen LogP contribution in [-0.2, 0) is 0 Å². The number of halogens is 3. The second-order valence-electron chi connectivity index (χ2n) is 11.4. The molecule has 5 heterocycles. The number of aryl methyl sites for hydroxylation is 1. The Balaban J connectivity index is 1.41. The normalized spacial score (nSPS) is 22.5. The molecule has 2 aromatic carbocycles. The lowest BCUT2D eigenvalue weighted by atomic mass is 9.95. The fraction of sp³-hybridized carbons (Fsp3) is 0.387. The summed E-state index contributed by atoms with van der Waals surface area (Å²) in [6, 6.07) is 5.44. The van der Waals surface area contributed by atoms with E-state index in [0.717, 1.165) is 19.4 Å². The monoisotopic (exact) mass is 576 g/mol. The number of phenolic OH excluding ortho intramolecular Hbond substituents is 1. The SMILES string of the molecule is C#Cc1c(F)ccc2cc(O)cc(-c3oc(=O)c4c(N5CC(F)C5)nc(OC[C@@]56CCCN5C[C@H](F)C6)nc4c3C)c12. The van der Waals surface area contributed by atoms with Gasteiger partial charge in [-0.3, -0.25) is 4.90 Å². The Morgan fingerprint density at radius 3 is 2.76 bits per heavy atom. The molecule has 0 bridgehead atoms. The summed E-state index contributed by atoms with van der Waals surface area (Å²) in [5.74, 6) is 1.80. The fourth-order valence-corrected chi connectivity index (χ4v) is 6.76. The van der Waals surface area contributed by atoms with E-state index in [-0.39, 0.29) is 70.5 Å². The van der Waals surface area contributed by atoms with E-state index < -0.39 is 29.3 Å². The molecule has 216 valence electrons. The zero-order valence-electron chi connectivity index (χ0n) is 22.8. The Bertz CT molecular complexity index is 1870. The molecule has 3 saturated heterocycles. The zero-order chi connectivity index (χ0) is 29.3. The summed E-state index contributed by atoms with van der Waals surface area (Å²) in [6.07, 6.45) is 5.72. The van der Waals surface area contributed by atoms with Gasteiger partial charge < -0.3 is 19.2 Å². The Morgan fingerprint density at radius 2 is 2.00 bits per heavy atom. The van der Waals surface area contributed by atoms with Gasteiger partial charge in [0.15, 0.2) is 5.82 Å². The van der Waals surface area contributed by atoms with E-state index in [2.05, 4.69) is 20.8 Å². The predicted octanol–water partition coefficient (Wildman–Crippen LogP) is 4.65. The number of rotatable bonds is 5. The predicted molar refractivity (Wildman–Crippen MR) is 151 cm³/mol. The number of fused-ring (bicyclic) bond motifs is 3. The van der Waals surface area contributed by atoms with Gasteiger partial charge in [0, 0.05) is 29.5 Å². The van der Waals surface area contributed by atoms with Gasteiger partial charge in [-0.05, 0) is 49.9 Å². The van der Waals surface area contributed by atoms with E-state index in [1.165, 1.54) is 24.3 Å². The molecule has 11 heteroatoms. The molecule has 0 spiro atoms. The Kier molecular flexibility index (Phi) is 6.10. The van der Waals surface area contributed by atoms with Crippen molar-refractivity contribution in [3.8, 4) is 35.4 Å². The van der Waals surface area contributed by atoms with Crippen molar-refractivity contribution in [1.82, 2.24) is 14.9 Å². The van der Waals surface area contributed by atoms with Crippen molar-refractivity contribution in [3.05, 3.63) is 51.6 Å². The first-order chi connectivity index (χ1) is 20.2. The number of nitrogens with zero attached hydrogens (tertiary/aromatic N) is 4. The molecule has 1 N–H and O–H groups in total. The van der Waals surface area contributed by atoms with Crippen molar-refractivity contribution in [2.24, 2.45) is 0 Å². The molecule has 2 aromatic heterocycles. The minimum absolute atomic E-state index is 0.0286. The lowest BCUT2D eigenvalue weighted by molar-refractivity contribution is 0.107. The van der Waals surface area contributed by atoms with Crippen molar-refractivity contribution in [2.75, 3.05) is 37.7 Å². The molecule has 4 aromatic rings. The van der Waals surface area contributed by atoms with E-state index in [0.29, 0.717) is 23.9 Å². The number of aromatic nitrogens is 2. The van der Waals surface area contributed by atoms with Gasteiger partial charge in [-0.2, -0.15) is 9.97 Å². The van der Waals surface area contributed by atoms with E-state index in [9.17, 15) is 23.1 Å². The first-order valence-corrected chi connectivity index (χ1v) is 13.9. The molecule has 3 aliphatic heterocycles. The summed E-state index contributed by atoms with van der Waals surface area (Å²) >= 11 is 0. The maximum atomic E-state index is 14.8. The van der Waals surface area contributed by atoms with Crippen LogP contribution in [0.15, 0.2) is 33.5 Å². The number of hydrogen-bond acceptors (Lipinski definition) is 8. The van der Waals surface area contributed by atoms with Crippen LogP contribution in [-0.4, -0.2) is 70.6 Å². The zero-order valence-corrected chi connectivity index (χ0v) is 22.8. The Hall–Kier alpha value is -4.30. The quantitative estimate of drug-likeness (QED) is 0.344. The average molecular weight is 577 g/mol. The van der Waals surface area contributed by atoms with Gasteiger partial charge in [0.05, 0.1) is 29.7 Å². The van der Waals surface area contributed by atoms with Crippen molar-refractivity contribution >= 4 is 27.5 Å². The first kappa shape index (κ1) is 26.6. The molecular weight excluding hydrogens is 549 g/mol. The molecule has 3 fully saturated rings. The van der Waals surface area contributed by atoms with Crippen molar-refractivity contribution < 1.29 is 27.4 Å². The summed E-state index contributed by atoms with van der Waals surface area (Å²) in [4.78, 5) is 26.3. The minimum atomic E-state index is -1.08. The topological polar surface area (TPSA) is 91.9 Å². The number of phenols is 1. The molecule has 42 heavy (non-hydrogen) atoms. The van der Waals surface area contributed by atoms with Crippen LogP contribution >= 0.6 is 0 Å². The van der Waals surface area contributed by atoms with Crippen LogP contribution < -0.4 is 15.3 Å². The van der Waals surface area contributed by atoms with Crippen molar-refractivity contribution in [3.63, 3.8) is 0 Å². The number of ether oxygens (including phenoxy) is 1. The molecule has 3 aliphatic rings. The van der Waals surface area contributed by atoms with Gasteiger partial charge in [-0.1, -0.05) is 12.0 Å². The molecule has 7 rings (SSSR count). The average Bonchev–Trinajstić information content (AvgIpc) is 3.47. The van der Waals surface area contributed by atoms with Crippen molar-refractivity contribution in [1.29, 1.82) is 0 Å². The van der Waals surface area contributed by atoms with Gasteiger partial charge in [0.1, 0.15) is 41.7 Å². The van der Waals surface area contributed by atoms with Crippen LogP contribution in [0, 0.1) is 25.1 Å². The molecule has 0 aliphatic carbocycles. The highest BCUT2D eigenvalue weighted by Gasteiger charge is 2.49. The van der Waals surface area contributed by atoms with Crippen LogP contribution in [0.2, 0.25) is 0 Å². The third kappa shape index (κ3) is 4.08. The van der Waals surface area contributed by atoms with Crippen LogP contribution in [0.4, 0.5) is 19.0 Å². The summed E-state index contributed by atoms with van der Waals surface area (Å²) in [6.45, 7) is 3.06. The molecule has 8 nitrogen and oxygen atoms in total. The summed E-state index contributed by atoms with van der Waals surface area (Å²) in [5, 5.41) is 11.3. The third-order valence-corrected chi connectivity index (χ3v) is 8.77.